The highest BCUT2D eigenvalue weighted by Gasteiger charge is 2.12. The van der Waals surface area contributed by atoms with Gasteiger partial charge in [0.1, 0.15) is 0 Å². The molecule has 0 rings (SSSR count). The van der Waals surface area contributed by atoms with Crippen molar-refractivity contribution in [2.45, 2.75) is 40.0 Å². The number of rotatable bonds is 9. The lowest BCUT2D eigenvalue weighted by Gasteiger charge is -2.21. The Morgan fingerprint density at radius 3 is 2.12 bits per heavy atom. The quantitative estimate of drug-likeness (QED) is 0.448. The maximum Gasteiger partial charge on any atom is 0.334 e. The molecule has 0 aliphatic carbocycles. The molecule has 0 bridgehead atoms. The first kappa shape index (κ1) is 15.2. The first-order valence-electron chi connectivity index (χ1n) is 6.22. The van der Waals surface area contributed by atoms with Gasteiger partial charge in [-0.05, 0) is 32.4 Å². The van der Waals surface area contributed by atoms with Gasteiger partial charge in [0, 0.05) is 12.1 Å². The Balaban J connectivity index is 4.01. The van der Waals surface area contributed by atoms with Crippen molar-refractivity contribution in [3.8, 4) is 0 Å². The fourth-order valence-corrected chi connectivity index (χ4v) is 1.53. The highest BCUT2D eigenvalue weighted by atomic mass is 16.5. The molecule has 0 atom stereocenters. The molecule has 0 aliphatic rings. The van der Waals surface area contributed by atoms with Crippen molar-refractivity contribution in [2.24, 2.45) is 0 Å². The maximum atomic E-state index is 11.5. The molecule has 16 heavy (non-hydrogen) atoms. The highest BCUT2D eigenvalue weighted by Crippen LogP contribution is 2.02. The third-order valence-corrected chi connectivity index (χ3v) is 2.22. The summed E-state index contributed by atoms with van der Waals surface area (Å²) in [7, 11) is 0. The van der Waals surface area contributed by atoms with E-state index in [0.717, 1.165) is 32.4 Å². The third-order valence-electron chi connectivity index (χ3n) is 2.22. The molecule has 0 aromatic carbocycles. The van der Waals surface area contributed by atoms with Gasteiger partial charge in [0.05, 0.1) is 6.61 Å². The van der Waals surface area contributed by atoms with E-state index in [9.17, 15) is 4.79 Å². The fraction of sp³-hybridized carbons (Fsp3) is 0.769. The van der Waals surface area contributed by atoms with Crippen LogP contribution in [0.1, 0.15) is 40.0 Å². The molecule has 0 N–H and O–H groups in total. The van der Waals surface area contributed by atoms with Gasteiger partial charge in [-0.25, -0.2) is 4.79 Å². The number of hydrogen-bond acceptors (Lipinski definition) is 3. The van der Waals surface area contributed by atoms with Crippen molar-refractivity contribution < 1.29 is 9.53 Å². The monoisotopic (exact) mass is 227 g/mol. The van der Waals surface area contributed by atoms with E-state index in [1.54, 1.807) is 0 Å². The fourth-order valence-electron chi connectivity index (χ4n) is 1.53. The van der Waals surface area contributed by atoms with E-state index in [0.29, 0.717) is 18.7 Å². The van der Waals surface area contributed by atoms with Crippen LogP contribution in [0.3, 0.4) is 0 Å². The van der Waals surface area contributed by atoms with Crippen LogP contribution >= 0.6 is 0 Å². The van der Waals surface area contributed by atoms with Gasteiger partial charge in [0.25, 0.3) is 0 Å². The molecule has 94 valence electrons. The molecule has 0 saturated heterocycles. The first-order chi connectivity index (χ1) is 7.65. The Morgan fingerprint density at radius 2 is 1.69 bits per heavy atom. The summed E-state index contributed by atoms with van der Waals surface area (Å²) in [5.74, 6) is -0.251. The zero-order valence-electron chi connectivity index (χ0n) is 10.9. The molecule has 0 aromatic rings. The Labute approximate surface area is 99.5 Å². The van der Waals surface area contributed by atoms with E-state index in [1.165, 1.54) is 0 Å². The number of carbonyl (C=O) groups excluding carboxylic acids is 1. The zero-order chi connectivity index (χ0) is 12.4. The second-order valence-electron chi connectivity index (χ2n) is 4.02. The lowest BCUT2D eigenvalue weighted by molar-refractivity contribution is -0.139. The Kier molecular flexibility index (Phi) is 8.91. The van der Waals surface area contributed by atoms with Gasteiger partial charge in [-0.15, -0.1) is 0 Å². The van der Waals surface area contributed by atoms with Crippen molar-refractivity contribution in [2.75, 3.05) is 26.2 Å². The largest absolute Gasteiger partial charge is 0.462 e. The Morgan fingerprint density at radius 1 is 1.12 bits per heavy atom. The van der Waals surface area contributed by atoms with Crippen LogP contribution in [-0.4, -0.2) is 37.1 Å². The van der Waals surface area contributed by atoms with Crippen LogP contribution < -0.4 is 0 Å². The predicted molar refractivity (Wildman–Crippen MR) is 67.4 cm³/mol. The van der Waals surface area contributed by atoms with E-state index in [4.69, 9.17) is 4.74 Å². The average molecular weight is 227 g/mol. The normalized spacial score (nSPS) is 10.5. The summed E-state index contributed by atoms with van der Waals surface area (Å²) in [5.41, 5.74) is 0.565. The minimum absolute atomic E-state index is 0.251. The molecule has 0 radical (unpaired) electrons. The molecule has 0 fully saturated rings. The molecule has 3 nitrogen and oxygen atoms in total. The van der Waals surface area contributed by atoms with Crippen LogP contribution in [0, 0.1) is 0 Å². The second-order valence-corrected chi connectivity index (χ2v) is 4.02. The molecule has 0 heterocycles. The minimum Gasteiger partial charge on any atom is -0.462 e. The van der Waals surface area contributed by atoms with Crippen molar-refractivity contribution in [1.29, 1.82) is 0 Å². The van der Waals surface area contributed by atoms with Gasteiger partial charge in [-0.3, -0.25) is 4.90 Å². The van der Waals surface area contributed by atoms with E-state index in [2.05, 4.69) is 25.3 Å². The summed E-state index contributed by atoms with van der Waals surface area (Å²) < 4.78 is 5.04. The van der Waals surface area contributed by atoms with Crippen LogP contribution in [0.5, 0.6) is 0 Å². The summed E-state index contributed by atoms with van der Waals surface area (Å²) in [6.45, 7) is 13.2. The highest BCUT2D eigenvalue weighted by molar-refractivity contribution is 5.88. The smallest absolute Gasteiger partial charge is 0.334 e. The number of hydrogen-bond donors (Lipinski definition) is 0. The SMILES string of the molecule is C=C(CN(CCC)CCC)C(=O)OCCC. The van der Waals surface area contributed by atoms with Crippen LogP contribution in [0.25, 0.3) is 0 Å². The molecule has 0 amide bonds. The molecule has 0 aliphatic heterocycles. The Bertz CT molecular complexity index is 208. The van der Waals surface area contributed by atoms with Crippen LogP contribution in [0.15, 0.2) is 12.2 Å². The van der Waals surface area contributed by atoms with Crippen LogP contribution in [-0.2, 0) is 9.53 Å². The second kappa shape index (κ2) is 9.40. The first-order valence-corrected chi connectivity index (χ1v) is 6.22. The van der Waals surface area contributed by atoms with Crippen molar-refractivity contribution in [3.05, 3.63) is 12.2 Å². The zero-order valence-corrected chi connectivity index (χ0v) is 10.9. The molecule has 0 spiro atoms. The van der Waals surface area contributed by atoms with Gasteiger partial charge < -0.3 is 4.74 Å². The van der Waals surface area contributed by atoms with E-state index < -0.39 is 0 Å². The van der Waals surface area contributed by atoms with Crippen molar-refractivity contribution in [1.82, 2.24) is 4.90 Å². The van der Waals surface area contributed by atoms with Crippen LogP contribution in [0.2, 0.25) is 0 Å². The summed E-state index contributed by atoms with van der Waals surface area (Å²) >= 11 is 0. The lowest BCUT2D eigenvalue weighted by atomic mass is 10.2. The summed E-state index contributed by atoms with van der Waals surface area (Å²) in [4.78, 5) is 13.7. The molecule has 0 aromatic heterocycles. The summed E-state index contributed by atoms with van der Waals surface area (Å²) in [6, 6.07) is 0. The van der Waals surface area contributed by atoms with Gasteiger partial charge in [-0.2, -0.15) is 0 Å². The van der Waals surface area contributed by atoms with Crippen molar-refractivity contribution >= 4 is 5.97 Å². The summed E-state index contributed by atoms with van der Waals surface area (Å²) in [6.07, 6.45) is 3.04. The number of carbonyl (C=O) groups is 1. The topological polar surface area (TPSA) is 29.5 Å². The average Bonchev–Trinajstić information content (AvgIpc) is 2.26. The van der Waals surface area contributed by atoms with Gasteiger partial charge in [0.2, 0.25) is 0 Å². The molecular formula is C13H25NO2. The van der Waals surface area contributed by atoms with Gasteiger partial charge >= 0.3 is 5.97 Å². The van der Waals surface area contributed by atoms with E-state index in [-0.39, 0.29) is 5.97 Å². The standard InChI is InChI=1S/C13H25NO2/c1-5-8-14(9-6-2)11-12(4)13(15)16-10-7-3/h4-11H2,1-3H3. The van der Waals surface area contributed by atoms with Gasteiger partial charge in [-0.1, -0.05) is 27.4 Å². The Hall–Kier alpha value is -0.830. The minimum atomic E-state index is -0.251. The third kappa shape index (κ3) is 6.62. The number of esters is 1. The molecular weight excluding hydrogens is 202 g/mol. The van der Waals surface area contributed by atoms with Gasteiger partial charge in [0.15, 0.2) is 0 Å². The summed E-state index contributed by atoms with van der Waals surface area (Å²) in [5, 5.41) is 0. The van der Waals surface area contributed by atoms with Crippen LogP contribution in [0.4, 0.5) is 0 Å². The lowest BCUT2D eigenvalue weighted by Crippen LogP contribution is -2.30. The van der Waals surface area contributed by atoms with E-state index in [1.807, 2.05) is 6.92 Å². The molecule has 3 heteroatoms. The molecule has 0 saturated carbocycles. The molecule has 0 unspecified atom stereocenters. The number of ether oxygens (including phenoxy) is 1. The number of nitrogens with zero attached hydrogens (tertiary/aromatic N) is 1. The maximum absolute atomic E-state index is 11.5. The van der Waals surface area contributed by atoms with E-state index >= 15 is 0 Å². The van der Waals surface area contributed by atoms with Crippen molar-refractivity contribution in [3.63, 3.8) is 0 Å². The predicted octanol–water partition coefficient (Wildman–Crippen LogP) is 2.62.